The van der Waals surface area contributed by atoms with E-state index < -0.39 is 0 Å². The van der Waals surface area contributed by atoms with Gasteiger partial charge in [-0.25, -0.2) is 0 Å². The molecule has 1 aromatic carbocycles. The maximum Gasteiger partial charge on any atom is 0.222 e. The van der Waals surface area contributed by atoms with Crippen molar-refractivity contribution in [3.05, 3.63) is 35.9 Å². The summed E-state index contributed by atoms with van der Waals surface area (Å²) in [6, 6.07) is 9.87. The van der Waals surface area contributed by atoms with Crippen LogP contribution in [0.3, 0.4) is 0 Å². The first kappa shape index (κ1) is 12.6. The molecule has 4 heteroatoms. The van der Waals surface area contributed by atoms with Crippen LogP contribution in [-0.2, 0) is 11.2 Å². The highest BCUT2D eigenvalue weighted by Crippen LogP contribution is 2.23. The Balaban J connectivity index is 2.25. The van der Waals surface area contributed by atoms with E-state index in [9.17, 15) is 0 Å². The Hall–Kier alpha value is -1.81. The molecule has 1 aromatic heterocycles. The Kier molecular flexibility index (Phi) is 3.39. The summed E-state index contributed by atoms with van der Waals surface area (Å²) in [7, 11) is 1.72. The van der Waals surface area contributed by atoms with Gasteiger partial charge in [-0.1, -0.05) is 23.4 Å². The number of anilines is 1. The number of nitrogens with two attached hydrogens (primary N) is 1. The maximum atomic E-state index is 5.53. The third kappa shape index (κ3) is 2.90. The molecule has 0 aliphatic heterocycles. The first-order valence-corrected chi connectivity index (χ1v) is 5.87. The minimum atomic E-state index is -0.179. The fraction of sp³-hybridized carbons (Fsp3) is 0.357. The van der Waals surface area contributed by atoms with Crippen molar-refractivity contribution in [1.82, 2.24) is 5.16 Å². The molecule has 0 saturated carbocycles. The van der Waals surface area contributed by atoms with Crippen molar-refractivity contribution < 1.29 is 9.26 Å². The second-order valence-corrected chi connectivity index (χ2v) is 4.96. The Morgan fingerprint density at radius 2 is 2.11 bits per heavy atom. The Labute approximate surface area is 107 Å². The van der Waals surface area contributed by atoms with Gasteiger partial charge in [0.25, 0.3) is 0 Å². The third-order valence-electron chi connectivity index (χ3n) is 2.93. The van der Waals surface area contributed by atoms with E-state index >= 15 is 0 Å². The van der Waals surface area contributed by atoms with E-state index in [0.29, 0.717) is 5.88 Å². The predicted molar refractivity (Wildman–Crippen MR) is 71.1 cm³/mol. The van der Waals surface area contributed by atoms with Crippen molar-refractivity contribution in [2.24, 2.45) is 0 Å². The van der Waals surface area contributed by atoms with E-state index in [2.05, 4.69) is 31.1 Å². The normalized spacial score (nSPS) is 11.7. The molecule has 0 spiro atoms. The molecule has 0 bridgehead atoms. The lowest BCUT2D eigenvalue weighted by Crippen LogP contribution is -2.25. The average molecular weight is 246 g/mol. The highest BCUT2D eigenvalue weighted by atomic mass is 16.5. The molecule has 0 unspecified atom stereocenters. The van der Waals surface area contributed by atoms with E-state index in [1.807, 2.05) is 12.1 Å². The highest BCUT2D eigenvalue weighted by Gasteiger charge is 2.17. The number of methoxy groups -OCH3 is 1. The number of ether oxygens (including phenoxy) is 1. The number of hydrogen-bond donors (Lipinski definition) is 1. The van der Waals surface area contributed by atoms with Crippen molar-refractivity contribution >= 4 is 5.88 Å². The van der Waals surface area contributed by atoms with E-state index in [1.165, 1.54) is 5.56 Å². The predicted octanol–water partition coefficient (Wildman–Crippen LogP) is 2.89. The molecule has 4 nitrogen and oxygen atoms in total. The van der Waals surface area contributed by atoms with Gasteiger partial charge in [-0.3, -0.25) is 0 Å². The third-order valence-corrected chi connectivity index (χ3v) is 2.93. The zero-order chi connectivity index (χ0) is 13.2. The summed E-state index contributed by atoms with van der Waals surface area (Å²) in [6.07, 6.45) is 0.838. The van der Waals surface area contributed by atoms with Crippen LogP contribution in [0, 0.1) is 0 Å². The van der Waals surface area contributed by atoms with Crippen molar-refractivity contribution in [1.29, 1.82) is 0 Å². The van der Waals surface area contributed by atoms with Crippen LogP contribution in [-0.4, -0.2) is 17.9 Å². The van der Waals surface area contributed by atoms with Gasteiger partial charge >= 0.3 is 0 Å². The van der Waals surface area contributed by atoms with Crippen LogP contribution in [0.2, 0.25) is 0 Å². The van der Waals surface area contributed by atoms with Crippen molar-refractivity contribution in [2.75, 3.05) is 12.8 Å². The molecule has 0 amide bonds. The number of aromatic nitrogens is 1. The van der Waals surface area contributed by atoms with Crippen molar-refractivity contribution in [3.8, 4) is 11.3 Å². The lowest BCUT2D eigenvalue weighted by Gasteiger charge is -2.23. The summed E-state index contributed by atoms with van der Waals surface area (Å²) < 4.78 is 10.3. The van der Waals surface area contributed by atoms with Gasteiger partial charge in [0.15, 0.2) is 0 Å². The second-order valence-electron chi connectivity index (χ2n) is 4.96. The Morgan fingerprint density at radius 1 is 1.33 bits per heavy atom. The molecule has 2 rings (SSSR count). The number of nitrogen functional groups attached to an aromatic ring is 1. The van der Waals surface area contributed by atoms with Crippen LogP contribution in [0.4, 0.5) is 5.88 Å². The molecule has 0 fully saturated rings. The van der Waals surface area contributed by atoms with Crippen molar-refractivity contribution in [2.45, 2.75) is 25.9 Å². The molecule has 2 aromatic rings. The number of hydrogen-bond acceptors (Lipinski definition) is 4. The largest absolute Gasteiger partial charge is 0.378 e. The van der Waals surface area contributed by atoms with E-state index in [4.69, 9.17) is 15.0 Å². The molecule has 0 aliphatic rings. The number of benzene rings is 1. The van der Waals surface area contributed by atoms with Gasteiger partial charge in [0, 0.05) is 25.2 Å². The van der Waals surface area contributed by atoms with Gasteiger partial charge in [-0.05, 0) is 25.5 Å². The quantitative estimate of drug-likeness (QED) is 0.901. The monoisotopic (exact) mass is 246 g/mol. The van der Waals surface area contributed by atoms with E-state index in [1.54, 1.807) is 13.2 Å². The van der Waals surface area contributed by atoms with Crippen LogP contribution in [0.1, 0.15) is 19.4 Å². The summed E-state index contributed by atoms with van der Waals surface area (Å²) in [4.78, 5) is 0. The van der Waals surface area contributed by atoms with Gasteiger partial charge in [-0.2, -0.15) is 0 Å². The zero-order valence-electron chi connectivity index (χ0n) is 10.9. The van der Waals surface area contributed by atoms with Gasteiger partial charge < -0.3 is 15.0 Å². The van der Waals surface area contributed by atoms with E-state index in [-0.39, 0.29) is 5.60 Å². The fourth-order valence-electron chi connectivity index (χ4n) is 1.83. The standard InChI is InChI=1S/C14H18N2O2/c1-14(2,17-3)9-10-5-4-6-11(7-10)12-8-13(15)18-16-12/h4-8H,9,15H2,1-3H3. The minimum absolute atomic E-state index is 0.179. The maximum absolute atomic E-state index is 5.53. The molecule has 2 N–H and O–H groups in total. The van der Waals surface area contributed by atoms with Crippen LogP contribution in [0.15, 0.2) is 34.9 Å². The van der Waals surface area contributed by atoms with E-state index in [0.717, 1.165) is 17.7 Å². The van der Waals surface area contributed by atoms with Crippen LogP contribution in [0.5, 0.6) is 0 Å². The van der Waals surface area contributed by atoms with Gasteiger partial charge in [0.05, 0.1) is 5.60 Å². The smallest absolute Gasteiger partial charge is 0.222 e. The summed E-state index contributed by atoms with van der Waals surface area (Å²) >= 11 is 0. The van der Waals surface area contributed by atoms with Gasteiger partial charge in [0.2, 0.25) is 5.88 Å². The number of nitrogens with zero attached hydrogens (tertiary/aromatic N) is 1. The topological polar surface area (TPSA) is 61.3 Å². The van der Waals surface area contributed by atoms with Crippen LogP contribution >= 0.6 is 0 Å². The second kappa shape index (κ2) is 4.82. The molecular formula is C14H18N2O2. The summed E-state index contributed by atoms with van der Waals surface area (Å²) in [5.74, 6) is 0.327. The molecule has 1 heterocycles. The fourth-order valence-corrected chi connectivity index (χ4v) is 1.83. The average Bonchev–Trinajstić information content (AvgIpc) is 2.76. The van der Waals surface area contributed by atoms with Gasteiger partial charge in [-0.15, -0.1) is 0 Å². The minimum Gasteiger partial charge on any atom is -0.378 e. The summed E-state index contributed by atoms with van der Waals surface area (Å²) in [5, 5.41) is 3.91. The highest BCUT2D eigenvalue weighted by molar-refractivity contribution is 5.61. The molecule has 0 atom stereocenters. The van der Waals surface area contributed by atoms with Crippen LogP contribution in [0.25, 0.3) is 11.3 Å². The molecular weight excluding hydrogens is 228 g/mol. The molecule has 0 saturated heterocycles. The lowest BCUT2D eigenvalue weighted by molar-refractivity contribution is 0.0232. The first-order valence-electron chi connectivity index (χ1n) is 5.87. The number of rotatable bonds is 4. The van der Waals surface area contributed by atoms with Crippen LogP contribution < -0.4 is 5.73 Å². The van der Waals surface area contributed by atoms with Crippen molar-refractivity contribution in [3.63, 3.8) is 0 Å². The molecule has 18 heavy (non-hydrogen) atoms. The Bertz CT molecular complexity index is 532. The molecule has 0 radical (unpaired) electrons. The molecule has 0 aliphatic carbocycles. The van der Waals surface area contributed by atoms with Gasteiger partial charge in [0.1, 0.15) is 5.69 Å². The zero-order valence-corrected chi connectivity index (χ0v) is 10.9. The summed E-state index contributed by atoms with van der Waals surface area (Å²) in [6.45, 7) is 4.13. The lowest BCUT2D eigenvalue weighted by atomic mass is 9.96. The first-order chi connectivity index (χ1) is 8.50. The summed E-state index contributed by atoms with van der Waals surface area (Å²) in [5.41, 5.74) is 8.30. The SMILES string of the molecule is COC(C)(C)Cc1cccc(-c2cc(N)on2)c1. The Morgan fingerprint density at radius 3 is 2.72 bits per heavy atom. The molecule has 96 valence electrons.